The van der Waals surface area contributed by atoms with Crippen molar-refractivity contribution < 1.29 is 28.5 Å². The second-order valence-electron chi connectivity index (χ2n) is 35.9. The average molecular weight is 1290 g/mol. The first-order valence-corrected chi connectivity index (χ1v) is 39.9. The molecule has 12 atom stereocenters. The van der Waals surface area contributed by atoms with Gasteiger partial charge < -0.3 is 23.7 Å². The molecular formula is C87H144O6. The van der Waals surface area contributed by atoms with Crippen LogP contribution in [0.3, 0.4) is 0 Å². The topological polar surface area (TPSA) is 63.2 Å². The van der Waals surface area contributed by atoms with Crippen LogP contribution in [0.2, 0.25) is 0 Å². The molecule has 1 fully saturated rings. The molecular weight excluding hydrogens is 1140 g/mol. The van der Waals surface area contributed by atoms with Gasteiger partial charge in [0, 0.05) is 33.4 Å². The number of rotatable bonds is 36. The van der Waals surface area contributed by atoms with E-state index >= 15 is 4.79 Å². The van der Waals surface area contributed by atoms with E-state index < -0.39 is 22.4 Å². The van der Waals surface area contributed by atoms with Crippen LogP contribution >= 0.6 is 0 Å². The number of carbonyl (C=O) groups excluding carboxylic acids is 1. The number of Topliss-reactive ketones (excluding diaryl/α,β-unsaturated/α-hetero) is 1. The summed E-state index contributed by atoms with van der Waals surface area (Å²) >= 11 is 0. The molecule has 2 aromatic carbocycles. The second-order valence-corrected chi connectivity index (χ2v) is 35.9. The Morgan fingerprint density at radius 1 is 0.344 bits per heavy atom. The van der Waals surface area contributed by atoms with Crippen LogP contribution in [0.15, 0.2) is 11.1 Å². The average Bonchev–Trinajstić information content (AvgIpc) is 0.656. The monoisotopic (exact) mass is 1290 g/mol. The van der Waals surface area contributed by atoms with Crippen LogP contribution < -0.4 is 18.9 Å². The van der Waals surface area contributed by atoms with E-state index in [-0.39, 0.29) is 17.0 Å². The number of hydrogen-bond acceptors (Lipinski definition) is 6. The molecule has 1 spiro atoms. The Bertz CT molecular complexity index is 2820. The van der Waals surface area contributed by atoms with Crippen LogP contribution in [0.4, 0.5) is 0 Å². The van der Waals surface area contributed by atoms with Crippen molar-refractivity contribution in [1.29, 1.82) is 0 Å². The summed E-state index contributed by atoms with van der Waals surface area (Å²) in [4.78, 5) is 16.3. The minimum atomic E-state index is -1.21. The van der Waals surface area contributed by atoms with E-state index in [0.29, 0.717) is 18.8 Å². The summed E-state index contributed by atoms with van der Waals surface area (Å²) in [5.41, 5.74) is 8.40. The molecule has 0 amide bonds. The summed E-state index contributed by atoms with van der Waals surface area (Å²) in [5, 5.41) is 0. The highest BCUT2D eigenvalue weighted by atomic mass is 16.7. The van der Waals surface area contributed by atoms with Crippen molar-refractivity contribution in [3.8, 4) is 23.0 Å². The predicted molar refractivity (Wildman–Crippen MR) is 394 cm³/mol. The first-order chi connectivity index (χ1) is 43.9. The molecule has 0 radical (unpaired) electrons. The zero-order chi connectivity index (χ0) is 67.8. The molecule has 0 aromatic heterocycles. The normalized spacial score (nSPS) is 27.7. The maximum absolute atomic E-state index is 16.3. The van der Waals surface area contributed by atoms with E-state index in [9.17, 15) is 0 Å². The van der Waals surface area contributed by atoms with Crippen LogP contribution in [0.1, 0.15) is 368 Å². The highest BCUT2D eigenvalue weighted by Crippen LogP contribution is 2.69. The molecule has 1 aliphatic carbocycles. The van der Waals surface area contributed by atoms with E-state index in [1.54, 1.807) is 0 Å². The van der Waals surface area contributed by atoms with Crippen LogP contribution in [0.5, 0.6) is 23.0 Å². The molecule has 7 unspecified atom stereocenters. The lowest BCUT2D eigenvalue weighted by Gasteiger charge is -2.67. The fraction of sp³-hybridized carbons (Fsp3) is 0.828. The van der Waals surface area contributed by atoms with Crippen LogP contribution in [-0.2, 0) is 35.2 Å². The molecule has 6 heteroatoms. The molecule has 6 aliphatic rings. The fourth-order valence-electron chi connectivity index (χ4n) is 19.0. The van der Waals surface area contributed by atoms with Gasteiger partial charge in [-0.15, -0.1) is 0 Å². The highest BCUT2D eigenvalue weighted by Gasteiger charge is 2.78. The van der Waals surface area contributed by atoms with Gasteiger partial charge in [-0.05, 0) is 228 Å². The largest absolute Gasteiger partial charge is 0.487 e. The van der Waals surface area contributed by atoms with Crippen molar-refractivity contribution in [3.05, 3.63) is 55.7 Å². The van der Waals surface area contributed by atoms with Crippen molar-refractivity contribution in [2.45, 2.75) is 405 Å². The number of benzene rings is 2. The second kappa shape index (κ2) is 32.3. The van der Waals surface area contributed by atoms with E-state index in [0.717, 1.165) is 169 Å². The Kier molecular flexibility index (Phi) is 26.4. The summed E-state index contributed by atoms with van der Waals surface area (Å²) in [6.45, 7) is 49.4. The van der Waals surface area contributed by atoms with Crippen molar-refractivity contribution in [1.82, 2.24) is 0 Å². The number of hydrogen-bond donors (Lipinski definition) is 0. The number of carbonyl (C=O) groups is 1. The van der Waals surface area contributed by atoms with Gasteiger partial charge in [0.05, 0.1) is 11.0 Å². The Morgan fingerprint density at radius 3 is 1.03 bits per heavy atom. The third-order valence-electron chi connectivity index (χ3n) is 26.0. The third-order valence-corrected chi connectivity index (χ3v) is 26.0. The molecule has 1 saturated heterocycles. The Balaban J connectivity index is 1.04. The Morgan fingerprint density at radius 2 is 0.656 bits per heavy atom. The van der Waals surface area contributed by atoms with Gasteiger partial charge in [-0.3, -0.25) is 4.79 Å². The summed E-state index contributed by atoms with van der Waals surface area (Å²) in [5.74, 6) is 9.95. The lowest BCUT2D eigenvalue weighted by molar-refractivity contribution is -0.350. The van der Waals surface area contributed by atoms with Gasteiger partial charge in [0.2, 0.25) is 11.6 Å². The summed E-state index contributed by atoms with van der Waals surface area (Å²) in [7, 11) is 0. The first-order valence-electron chi connectivity index (χ1n) is 39.9. The molecule has 8 rings (SSSR count). The zero-order valence-corrected chi connectivity index (χ0v) is 64.6. The zero-order valence-electron chi connectivity index (χ0n) is 64.6. The quantitative estimate of drug-likeness (QED) is 0.0677. The van der Waals surface area contributed by atoms with Crippen molar-refractivity contribution in [2.75, 3.05) is 0 Å². The molecule has 0 bridgehead atoms. The van der Waals surface area contributed by atoms with Crippen molar-refractivity contribution in [2.24, 2.45) is 58.7 Å². The number of ether oxygens (including phenoxy) is 5. The van der Waals surface area contributed by atoms with Gasteiger partial charge >= 0.3 is 0 Å². The van der Waals surface area contributed by atoms with Crippen molar-refractivity contribution in [3.63, 3.8) is 0 Å². The summed E-state index contributed by atoms with van der Waals surface area (Å²) < 4.78 is 39.0. The van der Waals surface area contributed by atoms with Gasteiger partial charge in [-0.2, -0.15) is 0 Å². The standard InChI is InChI=1S/C87H144O6/c1-58(2)31-22-34-61(7)37-25-40-64(10)43-28-49-82(19)52-46-73-74-48-54-86(91-79(74)69(15)67(13)77(73)89-82)81(88)71(17)72(18)87-85(86,56-55-84(21,93-87)51-30-45-66(12)42-27-39-63(9)36-24-33-60(5)6)57-76-75-47-53-83(20,90-78(75)68(14)70(16)80(76)92-87)50-29-44-65(11)41-26-38-62(8)35-23-32-59(3)4/h58-66H,22-57H2,1-21H3/t61?,62?,63?,64?,65?,66?,82-,83-,84-,85-,86?,87-/m1/s1. The van der Waals surface area contributed by atoms with E-state index in [2.05, 4.69) is 145 Å². The Labute approximate surface area is 573 Å². The van der Waals surface area contributed by atoms with Gasteiger partial charge in [-0.25, -0.2) is 0 Å². The number of ketones is 1. The maximum atomic E-state index is 16.3. The fourth-order valence-corrected chi connectivity index (χ4v) is 19.0. The molecule has 6 nitrogen and oxygen atoms in total. The third kappa shape index (κ3) is 17.5. The van der Waals surface area contributed by atoms with E-state index in [1.165, 1.54) is 175 Å². The van der Waals surface area contributed by atoms with E-state index in [4.69, 9.17) is 23.7 Å². The minimum Gasteiger partial charge on any atom is -0.487 e. The Hall–Kier alpha value is -2.99. The molecule has 5 heterocycles. The first kappa shape index (κ1) is 75.8. The molecule has 93 heavy (non-hydrogen) atoms. The summed E-state index contributed by atoms with van der Waals surface area (Å²) in [6, 6.07) is 0. The molecule has 5 aliphatic heterocycles. The van der Waals surface area contributed by atoms with Gasteiger partial charge in [-0.1, -0.05) is 224 Å². The molecule has 2 aromatic rings. The summed E-state index contributed by atoms with van der Waals surface area (Å²) in [6.07, 6.45) is 42.0. The molecule has 528 valence electrons. The van der Waals surface area contributed by atoms with Gasteiger partial charge in [0.25, 0.3) is 0 Å². The van der Waals surface area contributed by atoms with Crippen molar-refractivity contribution >= 4 is 5.78 Å². The SMILES string of the molecule is CC1=C(C)[C@]23Oc4c(C)c(C)c5c(c4C[C@]2(CC[C@@](C)(CCCC(C)CCCC(C)CCCC(C)C)O3)C2(CCc3c4c(c(C)c(C)c3O2)O[C@](C)(CCCC(C)CCCC(C)CCCC(C)C)CC4)C1=O)CC[C@@](C)(CCCC(C)CCCC(C)CCCC(C)C)O5. The van der Waals surface area contributed by atoms with Crippen LogP contribution in [0, 0.1) is 86.4 Å². The highest BCUT2D eigenvalue weighted by molar-refractivity contribution is 6.05. The molecule has 0 N–H and O–H groups in total. The smallest absolute Gasteiger partial charge is 0.244 e. The number of fused-ring (bicyclic) bond motifs is 6. The lowest BCUT2D eigenvalue weighted by Crippen LogP contribution is -2.79. The predicted octanol–water partition coefficient (Wildman–Crippen LogP) is 25.3. The van der Waals surface area contributed by atoms with Gasteiger partial charge in [0.15, 0.2) is 5.60 Å². The molecule has 0 saturated carbocycles. The van der Waals surface area contributed by atoms with Crippen LogP contribution in [0.25, 0.3) is 0 Å². The maximum Gasteiger partial charge on any atom is 0.244 e. The van der Waals surface area contributed by atoms with Crippen LogP contribution in [-0.4, -0.2) is 34.0 Å². The van der Waals surface area contributed by atoms with E-state index in [1.807, 2.05) is 0 Å². The van der Waals surface area contributed by atoms with Gasteiger partial charge in [0.1, 0.15) is 34.2 Å². The lowest BCUT2D eigenvalue weighted by atomic mass is 9.48. The minimum absolute atomic E-state index is 0.125.